The van der Waals surface area contributed by atoms with Gasteiger partial charge in [-0.3, -0.25) is 4.79 Å². The minimum Gasteiger partial charge on any atom is -0.490 e. The highest BCUT2D eigenvalue weighted by Gasteiger charge is 2.18. The Morgan fingerprint density at radius 1 is 1.15 bits per heavy atom. The normalized spacial score (nSPS) is 12.3. The maximum atomic E-state index is 11.2. The number of amides is 1. The number of ether oxygens (including phenoxy) is 1. The van der Waals surface area contributed by atoms with Gasteiger partial charge in [-0.05, 0) is 85.8 Å². The number of nitrogens with zero attached hydrogens (tertiary/aromatic N) is 3. The number of carbonyl (C=O) groups is 1. The van der Waals surface area contributed by atoms with Crippen molar-refractivity contribution in [1.29, 1.82) is 0 Å². The molecular formula is C30H42N4O5. The van der Waals surface area contributed by atoms with E-state index in [1.54, 1.807) is 0 Å². The number of hydrogen-bond acceptors (Lipinski definition) is 8. The summed E-state index contributed by atoms with van der Waals surface area (Å²) in [6, 6.07) is 10.4. The number of rotatable bonds is 14. The Morgan fingerprint density at radius 2 is 1.92 bits per heavy atom. The molecule has 1 amide bonds. The van der Waals surface area contributed by atoms with Crippen molar-refractivity contribution in [3.05, 3.63) is 52.6 Å². The zero-order valence-electron chi connectivity index (χ0n) is 24.0. The van der Waals surface area contributed by atoms with E-state index in [1.165, 1.54) is 11.1 Å². The molecule has 0 aliphatic carbocycles. The molecule has 0 bridgehead atoms. The fourth-order valence-electron chi connectivity index (χ4n) is 4.47. The van der Waals surface area contributed by atoms with Crippen molar-refractivity contribution >= 4 is 5.91 Å². The van der Waals surface area contributed by atoms with Gasteiger partial charge in [-0.1, -0.05) is 38.9 Å². The second-order valence-electron chi connectivity index (χ2n) is 10.3. The Labute approximate surface area is 231 Å². The minimum atomic E-state index is -0.905. The van der Waals surface area contributed by atoms with Gasteiger partial charge in [0.25, 0.3) is 5.89 Å². The monoisotopic (exact) mass is 538 g/mol. The van der Waals surface area contributed by atoms with Gasteiger partial charge >= 0.3 is 0 Å². The third kappa shape index (κ3) is 8.36. The van der Waals surface area contributed by atoms with Crippen molar-refractivity contribution in [2.45, 2.75) is 66.0 Å². The van der Waals surface area contributed by atoms with Gasteiger partial charge in [-0.25, -0.2) is 0 Å². The van der Waals surface area contributed by atoms with Gasteiger partial charge in [0.05, 0.1) is 0 Å². The molecule has 0 saturated heterocycles. The van der Waals surface area contributed by atoms with E-state index < -0.39 is 18.6 Å². The van der Waals surface area contributed by atoms with Crippen LogP contribution < -0.4 is 10.1 Å². The van der Waals surface area contributed by atoms with E-state index in [0.717, 1.165) is 41.8 Å². The Morgan fingerprint density at radius 3 is 2.59 bits per heavy atom. The maximum absolute atomic E-state index is 11.2. The van der Waals surface area contributed by atoms with Crippen LogP contribution >= 0.6 is 0 Å². The van der Waals surface area contributed by atoms with Crippen molar-refractivity contribution in [2.75, 3.05) is 33.4 Å². The first-order valence-electron chi connectivity index (χ1n) is 13.6. The highest BCUT2D eigenvalue weighted by molar-refractivity contribution is 5.76. The first-order chi connectivity index (χ1) is 18.6. The number of aliphatic hydroxyl groups excluding tert-OH is 2. The fourth-order valence-corrected chi connectivity index (χ4v) is 4.47. The third-order valence-electron chi connectivity index (χ3n) is 6.50. The van der Waals surface area contributed by atoms with E-state index in [-0.39, 0.29) is 13.2 Å². The number of aryl methyl sites for hydroxylation is 2. The summed E-state index contributed by atoms with van der Waals surface area (Å²) in [5.74, 6) is 1.49. The molecule has 9 heteroatoms. The molecule has 0 saturated carbocycles. The molecule has 1 atom stereocenters. The quantitative estimate of drug-likeness (QED) is 0.281. The molecule has 212 valence electrons. The highest BCUT2D eigenvalue weighted by Crippen LogP contribution is 2.32. The van der Waals surface area contributed by atoms with E-state index in [1.807, 2.05) is 26.0 Å². The Kier molecular flexibility index (Phi) is 11.0. The number of aliphatic hydroxyl groups is 2. The van der Waals surface area contributed by atoms with Crippen molar-refractivity contribution < 1.29 is 24.3 Å². The summed E-state index contributed by atoms with van der Waals surface area (Å²) in [5, 5.41) is 25.7. The summed E-state index contributed by atoms with van der Waals surface area (Å²) in [7, 11) is 2.13. The lowest BCUT2D eigenvalue weighted by atomic mass is 9.97. The number of carbonyl (C=O) groups excluding carboxylic acids is 1. The zero-order valence-corrected chi connectivity index (χ0v) is 24.0. The van der Waals surface area contributed by atoms with E-state index in [9.17, 15) is 9.90 Å². The van der Waals surface area contributed by atoms with Gasteiger partial charge in [0.15, 0.2) is 0 Å². The van der Waals surface area contributed by atoms with Crippen LogP contribution in [0.3, 0.4) is 0 Å². The predicted molar refractivity (Wildman–Crippen MR) is 152 cm³/mol. The summed E-state index contributed by atoms with van der Waals surface area (Å²) in [5.41, 5.74) is 6.02. The van der Waals surface area contributed by atoms with Crippen LogP contribution in [0, 0.1) is 6.92 Å². The van der Waals surface area contributed by atoms with E-state index in [4.69, 9.17) is 19.4 Å². The molecule has 0 radical (unpaired) electrons. The van der Waals surface area contributed by atoms with Gasteiger partial charge in [0.1, 0.15) is 25.1 Å². The molecule has 1 unspecified atom stereocenters. The van der Waals surface area contributed by atoms with E-state index in [0.29, 0.717) is 29.8 Å². The van der Waals surface area contributed by atoms with Crippen LogP contribution in [0.5, 0.6) is 5.75 Å². The van der Waals surface area contributed by atoms with Crippen LogP contribution in [0.15, 0.2) is 34.9 Å². The summed E-state index contributed by atoms with van der Waals surface area (Å²) in [6.07, 6.45) is 0.904. The molecule has 39 heavy (non-hydrogen) atoms. The second-order valence-corrected chi connectivity index (χ2v) is 10.3. The van der Waals surface area contributed by atoms with Crippen LogP contribution in [0.25, 0.3) is 22.8 Å². The third-order valence-corrected chi connectivity index (χ3v) is 6.50. The number of hydrogen-bond donors (Lipinski definition) is 3. The van der Waals surface area contributed by atoms with Crippen LogP contribution in [-0.4, -0.2) is 70.6 Å². The molecule has 1 heterocycles. The van der Waals surface area contributed by atoms with Gasteiger partial charge in [-0.2, -0.15) is 4.98 Å². The SMILES string of the molecule is CCCN(C)Cc1cc(-c2nc(-c3cc(C)c(OCC(O)CNC(=O)CO)c(CC)c3)no2)cc(C(C)C)c1. The van der Waals surface area contributed by atoms with Crippen LogP contribution in [-0.2, 0) is 17.8 Å². The largest absolute Gasteiger partial charge is 0.490 e. The van der Waals surface area contributed by atoms with Gasteiger partial charge < -0.3 is 29.7 Å². The highest BCUT2D eigenvalue weighted by atomic mass is 16.5. The Bertz CT molecular complexity index is 1240. The predicted octanol–water partition coefficient (Wildman–Crippen LogP) is 4.09. The summed E-state index contributed by atoms with van der Waals surface area (Å²) in [6.45, 7) is 11.8. The molecule has 0 fully saturated rings. The fraction of sp³-hybridized carbons (Fsp3) is 0.500. The summed E-state index contributed by atoms with van der Waals surface area (Å²) in [4.78, 5) is 18.3. The topological polar surface area (TPSA) is 121 Å². The van der Waals surface area contributed by atoms with Crippen molar-refractivity contribution in [2.24, 2.45) is 0 Å². The molecule has 0 aliphatic rings. The van der Waals surface area contributed by atoms with Gasteiger partial charge in [0, 0.05) is 24.2 Å². The average Bonchev–Trinajstić information content (AvgIpc) is 3.41. The minimum absolute atomic E-state index is 0.00175. The van der Waals surface area contributed by atoms with Crippen molar-refractivity contribution in [3.8, 4) is 28.6 Å². The van der Waals surface area contributed by atoms with E-state index >= 15 is 0 Å². The first-order valence-corrected chi connectivity index (χ1v) is 13.6. The van der Waals surface area contributed by atoms with Crippen LogP contribution in [0.1, 0.15) is 62.3 Å². The number of aromatic nitrogens is 2. The molecule has 3 aromatic rings. The molecular weight excluding hydrogens is 496 g/mol. The second kappa shape index (κ2) is 14.2. The summed E-state index contributed by atoms with van der Waals surface area (Å²) >= 11 is 0. The number of benzene rings is 2. The lowest BCUT2D eigenvalue weighted by molar-refractivity contribution is -0.124. The van der Waals surface area contributed by atoms with Crippen molar-refractivity contribution in [1.82, 2.24) is 20.4 Å². The molecule has 1 aromatic heterocycles. The van der Waals surface area contributed by atoms with Crippen molar-refractivity contribution in [3.63, 3.8) is 0 Å². The first kappa shape index (κ1) is 30.3. The maximum Gasteiger partial charge on any atom is 0.258 e. The zero-order chi connectivity index (χ0) is 28.5. The average molecular weight is 539 g/mol. The Hall–Kier alpha value is -3.27. The number of nitrogens with one attached hydrogen (secondary N) is 1. The van der Waals surface area contributed by atoms with Crippen LogP contribution in [0.2, 0.25) is 0 Å². The molecule has 3 rings (SSSR count). The van der Waals surface area contributed by atoms with Gasteiger partial charge in [0.2, 0.25) is 11.7 Å². The summed E-state index contributed by atoms with van der Waals surface area (Å²) < 4.78 is 11.7. The van der Waals surface area contributed by atoms with Crippen LogP contribution in [0.4, 0.5) is 0 Å². The molecule has 0 aliphatic heterocycles. The molecule has 0 spiro atoms. The lowest BCUT2D eigenvalue weighted by Gasteiger charge is -2.17. The Balaban J connectivity index is 1.83. The smallest absolute Gasteiger partial charge is 0.258 e. The standard InChI is InChI=1S/C30H42N4O5/c1-7-9-34(6)16-21-11-23(19(3)4)14-25(12-21)30-32-29(33-39-30)24-10-20(5)28(22(8-2)13-24)38-18-26(36)15-31-27(37)17-35/h10-14,19,26,35-36H,7-9,15-18H2,1-6H3,(H,31,37). The van der Waals surface area contributed by atoms with Gasteiger partial charge in [-0.15, -0.1) is 0 Å². The van der Waals surface area contributed by atoms with E-state index in [2.05, 4.69) is 61.4 Å². The molecule has 9 nitrogen and oxygen atoms in total. The molecule has 2 aromatic carbocycles. The molecule has 3 N–H and O–H groups in total. The lowest BCUT2D eigenvalue weighted by Crippen LogP contribution is -2.36.